The smallest absolute Gasteiger partial charge is 0.337 e. The van der Waals surface area contributed by atoms with Gasteiger partial charge in [0.25, 0.3) is 5.56 Å². The minimum atomic E-state index is -3.93. The van der Waals surface area contributed by atoms with Crippen molar-refractivity contribution < 1.29 is 32.5 Å². The minimum Gasteiger partial charge on any atom is -0.337 e. The molecule has 1 aliphatic heterocycles. The highest BCUT2D eigenvalue weighted by Crippen LogP contribution is 2.43. The van der Waals surface area contributed by atoms with Gasteiger partial charge >= 0.3 is 20.4 Å². The maximum Gasteiger partial charge on any atom is 0.521 e. The van der Waals surface area contributed by atoms with Crippen LogP contribution in [-0.4, -0.2) is 47.4 Å². The third kappa shape index (κ3) is 5.58. The van der Waals surface area contributed by atoms with Crippen molar-refractivity contribution in [1.29, 1.82) is 0 Å². The van der Waals surface area contributed by atoms with Crippen LogP contribution in [0.2, 0.25) is 0 Å². The highest BCUT2D eigenvalue weighted by molar-refractivity contribution is 8.00. The first-order chi connectivity index (χ1) is 11.8. The monoisotopic (exact) mass is 415 g/mol. The van der Waals surface area contributed by atoms with Crippen molar-refractivity contribution >= 4 is 26.6 Å². The number of nitrogens with one attached hydrogen (secondary N) is 1. The van der Waals surface area contributed by atoms with Gasteiger partial charge in [0, 0.05) is 25.8 Å². The molecular formula is C11H17N2O9P2S+. The van der Waals surface area contributed by atoms with Gasteiger partial charge in [-0.05, 0) is 0 Å². The van der Waals surface area contributed by atoms with Gasteiger partial charge in [0.05, 0.1) is 7.11 Å². The Morgan fingerprint density at radius 2 is 2.24 bits per heavy atom. The predicted octanol–water partition coefficient (Wildman–Crippen LogP) is 0.393. The topological polar surface area (TPSA) is 138 Å². The Hall–Kier alpha value is -0.810. The molecule has 2 unspecified atom stereocenters. The van der Waals surface area contributed by atoms with Crippen LogP contribution >= 0.6 is 14.7 Å². The molecule has 0 saturated carbocycles. The van der Waals surface area contributed by atoms with E-state index in [0.29, 0.717) is 0 Å². The van der Waals surface area contributed by atoms with Gasteiger partial charge in [-0.25, -0.2) is 4.79 Å². The summed E-state index contributed by atoms with van der Waals surface area (Å²) in [5.41, 5.74) is -1.22. The standard InChI is InChI=1S/C11H16N2O9P2S/c1-18-23(25)22-7-5-9(13-4-3-8(14)12-11(13)15)21-10(7)20-6-24(16,17)19-2/h3-4,7,9-10H,5-6H2,1-2H3,(H-,12,14,15,16,17)/p+1/t7-,9+,10-/m0/s1. The maximum absolute atomic E-state index is 11.9. The molecule has 2 rings (SSSR count). The van der Waals surface area contributed by atoms with Gasteiger partial charge < -0.3 is 18.9 Å². The number of rotatable bonds is 8. The zero-order valence-electron chi connectivity index (χ0n) is 13.3. The van der Waals surface area contributed by atoms with E-state index < -0.39 is 51.0 Å². The molecule has 0 amide bonds. The highest BCUT2D eigenvalue weighted by atomic mass is 32.4. The van der Waals surface area contributed by atoms with Gasteiger partial charge in [-0.3, -0.25) is 18.9 Å². The van der Waals surface area contributed by atoms with Crippen molar-refractivity contribution in [3.8, 4) is 0 Å². The lowest BCUT2D eigenvalue weighted by Crippen LogP contribution is -2.31. The summed E-state index contributed by atoms with van der Waals surface area (Å²) in [6.07, 6.45) is -1.87. The van der Waals surface area contributed by atoms with E-state index in [1.807, 2.05) is 0 Å². The van der Waals surface area contributed by atoms with Crippen molar-refractivity contribution in [2.24, 2.45) is 0 Å². The van der Waals surface area contributed by atoms with Crippen LogP contribution in [0.1, 0.15) is 12.6 Å². The molecule has 2 heterocycles. The van der Waals surface area contributed by atoms with Gasteiger partial charge in [-0.15, -0.1) is 9.05 Å². The average Bonchev–Trinajstić information content (AvgIpc) is 2.95. The molecule has 140 valence electrons. The van der Waals surface area contributed by atoms with Gasteiger partial charge in [-0.1, -0.05) is 0 Å². The SMILES string of the molecule is CO[P+](=S)O[C@H]1C[C@H](n2ccc(=O)[nH]c2=O)O[C@@H]1OCP(=O)(O)OC. The number of hydrogen-bond donors (Lipinski definition) is 2. The van der Waals surface area contributed by atoms with E-state index in [4.69, 9.17) is 30.3 Å². The maximum atomic E-state index is 11.9. The van der Waals surface area contributed by atoms with Crippen molar-refractivity contribution in [1.82, 2.24) is 9.55 Å². The molecule has 25 heavy (non-hydrogen) atoms. The molecule has 0 aliphatic carbocycles. The Bertz CT molecular complexity index is 781. The van der Waals surface area contributed by atoms with Crippen LogP contribution in [0, 0.1) is 0 Å². The number of aromatic nitrogens is 2. The van der Waals surface area contributed by atoms with Crippen LogP contribution in [0.3, 0.4) is 0 Å². The molecule has 11 nitrogen and oxygen atoms in total. The van der Waals surface area contributed by atoms with Crippen molar-refractivity contribution in [2.45, 2.75) is 25.0 Å². The van der Waals surface area contributed by atoms with E-state index in [9.17, 15) is 19.0 Å². The van der Waals surface area contributed by atoms with Crippen molar-refractivity contribution in [3.63, 3.8) is 0 Å². The van der Waals surface area contributed by atoms with Crippen LogP contribution in [-0.2, 0) is 39.4 Å². The Labute approximate surface area is 147 Å². The van der Waals surface area contributed by atoms with Gasteiger partial charge in [0.1, 0.15) is 6.23 Å². The summed E-state index contributed by atoms with van der Waals surface area (Å²) in [7, 11) is -3.12. The summed E-state index contributed by atoms with van der Waals surface area (Å²) in [5.74, 6) is 0. The van der Waals surface area contributed by atoms with E-state index in [-0.39, 0.29) is 6.42 Å². The van der Waals surface area contributed by atoms with E-state index in [1.165, 1.54) is 13.3 Å². The lowest BCUT2D eigenvalue weighted by atomic mass is 10.2. The molecule has 1 aromatic rings. The summed E-state index contributed by atoms with van der Waals surface area (Å²) in [6, 6.07) is 1.16. The van der Waals surface area contributed by atoms with Gasteiger partial charge in [0.15, 0.2) is 18.7 Å². The molecule has 0 radical (unpaired) electrons. The molecule has 0 bridgehead atoms. The molecule has 1 aliphatic rings. The molecule has 14 heteroatoms. The lowest BCUT2D eigenvalue weighted by molar-refractivity contribution is -0.164. The van der Waals surface area contributed by atoms with E-state index in [1.54, 1.807) is 0 Å². The number of hydrogen-bond acceptors (Lipinski definition) is 9. The fourth-order valence-electron chi connectivity index (χ4n) is 2.05. The second-order valence-corrected chi connectivity index (χ2v) is 8.69. The van der Waals surface area contributed by atoms with Crippen LogP contribution in [0.15, 0.2) is 21.9 Å². The lowest BCUT2D eigenvalue weighted by Gasteiger charge is -2.18. The van der Waals surface area contributed by atoms with Crippen molar-refractivity contribution in [3.05, 3.63) is 33.1 Å². The van der Waals surface area contributed by atoms with Crippen LogP contribution in [0.4, 0.5) is 0 Å². The largest absolute Gasteiger partial charge is 0.521 e. The highest BCUT2D eigenvalue weighted by Gasteiger charge is 2.43. The molecule has 0 spiro atoms. The molecule has 2 N–H and O–H groups in total. The Morgan fingerprint density at radius 3 is 2.84 bits per heavy atom. The van der Waals surface area contributed by atoms with E-state index in [0.717, 1.165) is 17.7 Å². The van der Waals surface area contributed by atoms with E-state index >= 15 is 0 Å². The second kappa shape index (κ2) is 8.72. The van der Waals surface area contributed by atoms with Crippen LogP contribution in [0.5, 0.6) is 0 Å². The minimum absolute atomic E-state index is 0.151. The Kier molecular flexibility index (Phi) is 7.15. The third-order valence-electron chi connectivity index (χ3n) is 3.25. The average molecular weight is 415 g/mol. The zero-order chi connectivity index (χ0) is 18.6. The molecular weight excluding hydrogens is 398 g/mol. The fraction of sp³-hybridized carbons (Fsp3) is 0.636. The Balaban J connectivity index is 2.17. The number of ether oxygens (including phenoxy) is 2. The predicted molar refractivity (Wildman–Crippen MR) is 88.8 cm³/mol. The fourth-order valence-corrected chi connectivity index (χ4v) is 3.32. The number of H-pyrrole nitrogens is 1. The third-order valence-corrected chi connectivity index (χ3v) is 5.74. The second-order valence-electron chi connectivity index (χ2n) is 4.88. The molecule has 1 fully saturated rings. The molecule has 1 aromatic heterocycles. The molecule has 1 saturated heterocycles. The Morgan fingerprint density at radius 1 is 1.52 bits per heavy atom. The van der Waals surface area contributed by atoms with E-state index in [2.05, 4.69) is 9.51 Å². The van der Waals surface area contributed by atoms with Crippen LogP contribution < -0.4 is 11.2 Å². The molecule has 5 atom stereocenters. The summed E-state index contributed by atoms with van der Waals surface area (Å²) >= 11 is 4.97. The summed E-state index contributed by atoms with van der Waals surface area (Å²) in [6.45, 7) is 0. The first-order valence-corrected chi connectivity index (χ1v) is 10.9. The molecule has 0 aromatic carbocycles. The first kappa shape index (κ1) is 20.5. The zero-order valence-corrected chi connectivity index (χ0v) is 15.9. The quantitative estimate of drug-likeness (QED) is 0.574. The normalized spacial score (nSPS) is 26.4. The first-order valence-electron chi connectivity index (χ1n) is 6.90. The van der Waals surface area contributed by atoms with Gasteiger partial charge in [-0.2, -0.15) is 0 Å². The summed E-state index contributed by atoms with van der Waals surface area (Å²) in [5, 5.41) is 0. The summed E-state index contributed by atoms with van der Waals surface area (Å²) < 4.78 is 38.4. The van der Waals surface area contributed by atoms with Crippen molar-refractivity contribution in [2.75, 3.05) is 20.6 Å². The number of nitrogens with zero attached hydrogens (tertiary/aromatic N) is 1. The summed E-state index contributed by atoms with van der Waals surface area (Å²) in [4.78, 5) is 34.6. The number of aromatic amines is 1. The van der Waals surface area contributed by atoms with Crippen LogP contribution in [0.25, 0.3) is 0 Å². The van der Waals surface area contributed by atoms with Gasteiger partial charge in [0.2, 0.25) is 11.8 Å².